The van der Waals surface area contributed by atoms with Crippen LogP contribution in [0.15, 0.2) is 48.0 Å². The van der Waals surface area contributed by atoms with Crippen LogP contribution in [0.1, 0.15) is 114 Å². The molecule has 1 atom stereocenters. The Labute approximate surface area is 258 Å². The third-order valence-electron chi connectivity index (χ3n) is 8.38. The van der Waals surface area contributed by atoms with E-state index in [2.05, 4.69) is 6.92 Å². The third-order valence-corrected chi connectivity index (χ3v) is 8.38. The summed E-state index contributed by atoms with van der Waals surface area (Å²) < 4.78 is 16.1. The first kappa shape index (κ1) is 34.0. The lowest BCUT2D eigenvalue weighted by molar-refractivity contribution is -0.139. The number of likely N-dealkylation sites (tertiary alicyclic amines) is 1. The molecule has 1 saturated heterocycles. The van der Waals surface area contributed by atoms with Gasteiger partial charge in [0, 0.05) is 12.1 Å². The van der Waals surface area contributed by atoms with E-state index in [4.69, 9.17) is 14.2 Å². The van der Waals surface area contributed by atoms with Crippen LogP contribution in [0.5, 0.6) is 17.2 Å². The second-order valence-corrected chi connectivity index (χ2v) is 11.4. The summed E-state index contributed by atoms with van der Waals surface area (Å²) in [5, 5.41) is 11.3. The Kier molecular flexibility index (Phi) is 14.4. The Bertz CT molecular complexity index is 1190. The van der Waals surface area contributed by atoms with Gasteiger partial charge in [-0.15, -0.1) is 0 Å². The summed E-state index contributed by atoms with van der Waals surface area (Å²) in [5.41, 5.74) is 1.20. The van der Waals surface area contributed by atoms with Gasteiger partial charge in [-0.3, -0.25) is 9.59 Å². The highest BCUT2D eigenvalue weighted by Gasteiger charge is 2.46. The maximum atomic E-state index is 13.4. The molecule has 0 saturated carbocycles. The first-order valence-corrected chi connectivity index (χ1v) is 16.1. The van der Waals surface area contributed by atoms with Gasteiger partial charge in [0.15, 0.2) is 11.5 Å². The van der Waals surface area contributed by atoms with Crippen LogP contribution in [0.25, 0.3) is 5.76 Å². The van der Waals surface area contributed by atoms with Crippen LogP contribution >= 0.6 is 0 Å². The van der Waals surface area contributed by atoms with Crippen molar-refractivity contribution >= 4 is 17.4 Å². The molecule has 2 aromatic rings. The summed E-state index contributed by atoms with van der Waals surface area (Å²) in [4.78, 5) is 28.3. The van der Waals surface area contributed by atoms with Crippen molar-refractivity contribution in [3.63, 3.8) is 0 Å². The quantitative estimate of drug-likeness (QED) is 0.0716. The highest BCUT2D eigenvalue weighted by atomic mass is 16.5. The number of rotatable bonds is 20. The van der Waals surface area contributed by atoms with Crippen molar-refractivity contribution in [2.75, 3.05) is 27.9 Å². The van der Waals surface area contributed by atoms with Gasteiger partial charge in [-0.1, -0.05) is 96.5 Å². The monoisotopic (exact) mass is 593 g/mol. The minimum absolute atomic E-state index is 0.0766. The van der Waals surface area contributed by atoms with Gasteiger partial charge in [0.25, 0.3) is 11.7 Å². The van der Waals surface area contributed by atoms with Crippen LogP contribution in [-0.2, 0) is 9.59 Å². The van der Waals surface area contributed by atoms with E-state index < -0.39 is 17.7 Å². The number of amides is 1. The minimum atomic E-state index is -0.733. The highest BCUT2D eigenvalue weighted by Crippen LogP contribution is 2.42. The predicted molar refractivity (Wildman–Crippen MR) is 172 cm³/mol. The van der Waals surface area contributed by atoms with Crippen molar-refractivity contribution in [1.82, 2.24) is 4.90 Å². The lowest BCUT2D eigenvalue weighted by Gasteiger charge is -2.26. The van der Waals surface area contributed by atoms with Crippen LogP contribution in [-0.4, -0.2) is 49.6 Å². The smallest absolute Gasteiger partial charge is 0.295 e. The van der Waals surface area contributed by atoms with E-state index >= 15 is 0 Å². The predicted octanol–water partition coefficient (Wildman–Crippen LogP) is 8.62. The molecular weight excluding hydrogens is 542 g/mol. The molecule has 1 fully saturated rings. The SMILES string of the molecule is CCCCCCCCCCCCCCCCN1C(=O)C(=O)/C(=C(/O)c2ccc(OC)cc2)C1c1ccc(OC)c(OC)c1. The number of Topliss-reactive ketones (excluding diaryl/α,β-unsaturated/α-hetero) is 1. The lowest BCUT2D eigenvalue weighted by atomic mass is 9.94. The molecule has 1 N–H and O–H groups in total. The summed E-state index contributed by atoms with van der Waals surface area (Å²) in [6.45, 7) is 2.69. The normalized spacial score (nSPS) is 16.1. The molecule has 0 aromatic heterocycles. The van der Waals surface area contributed by atoms with Gasteiger partial charge in [0.2, 0.25) is 0 Å². The molecule has 1 heterocycles. The first-order chi connectivity index (χ1) is 21.0. The second-order valence-electron chi connectivity index (χ2n) is 11.4. The van der Waals surface area contributed by atoms with Crippen LogP contribution < -0.4 is 14.2 Å². The molecule has 1 aliphatic heterocycles. The van der Waals surface area contributed by atoms with Gasteiger partial charge in [-0.05, 0) is 48.4 Å². The molecule has 3 rings (SSSR count). The van der Waals surface area contributed by atoms with E-state index in [1.54, 1.807) is 62.6 Å². The number of methoxy groups -OCH3 is 3. The van der Waals surface area contributed by atoms with E-state index in [9.17, 15) is 14.7 Å². The maximum absolute atomic E-state index is 13.4. The number of aliphatic hydroxyl groups excluding tert-OH is 1. The Balaban J connectivity index is 1.63. The fraction of sp³-hybridized carbons (Fsp3) is 0.556. The average molecular weight is 594 g/mol. The number of nitrogens with zero attached hydrogens (tertiary/aromatic N) is 1. The molecule has 0 radical (unpaired) electrons. The number of ether oxygens (including phenoxy) is 3. The van der Waals surface area contributed by atoms with Crippen molar-refractivity contribution in [3.8, 4) is 17.2 Å². The molecule has 0 aliphatic carbocycles. The van der Waals surface area contributed by atoms with E-state index in [0.717, 1.165) is 19.3 Å². The van der Waals surface area contributed by atoms with Crippen LogP contribution in [0.3, 0.4) is 0 Å². The molecule has 43 heavy (non-hydrogen) atoms. The molecule has 236 valence electrons. The largest absolute Gasteiger partial charge is 0.507 e. The van der Waals surface area contributed by atoms with E-state index in [1.165, 1.54) is 70.6 Å². The standard InChI is InChI=1S/C36H51NO6/c1-5-6-7-8-9-10-11-12-13-14-15-16-17-18-25-37-33(28-21-24-30(42-3)31(26-28)43-4)32(35(39)36(37)40)34(38)27-19-22-29(41-2)23-20-27/h19-24,26,33,38H,5-18,25H2,1-4H3/b34-32+. The molecule has 7 heteroatoms. The number of benzene rings is 2. The van der Waals surface area contributed by atoms with Gasteiger partial charge in [-0.2, -0.15) is 0 Å². The third kappa shape index (κ3) is 9.50. The Morgan fingerprint density at radius 3 is 1.74 bits per heavy atom. The zero-order chi connectivity index (χ0) is 31.0. The number of carbonyl (C=O) groups is 2. The summed E-state index contributed by atoms with van der Waals surface area (Å²) in [6.07, 6.45) is 17.4. The van der Waals surface area contributed by atoms with Crippen molar-refractivity contribution in [2.24, 2.45) is 0 Å². The number of aliphatic hydroxyl groups is 1. The van der Waals surface area contributed by atoms with E-state index in [1.807, 2.05) is 6.07 Å². The number of carbonyl (C=O) groups excluding carboxylic acids is 2. The number of hydrogen-bond acceptors (Lipinski definition) is 6. The average Bonchev–Trinajstić information content (AvgIpc) is 3.29. The van der Waals surface area contributed by atoms with Gasteiger partial charge < -0.3 is 24.2 Å². The fourth-order valence-corrected chi connectivity index (χ4v) is 5.86. The Morgan fingerprint density at radius 1 is 0.698 bits per heavy atom. The first-order valence-electron chi connectivity index (χ1n) is 16.1. The van der Waals surface area contributed by atoms with E-state index in [0.29, 0.717) is 34.9 Å². The molecule has 1 amide bonds. The summed E-state index contributed by atoms with van der Waals surface area (Å²) in [5.74, 6) is 0.190. The zero-order valence-electron chi connectivity index (χ0n) is 26.7. The summed E-state index contributed by atoms with van der Waals surface area (Å²) in [7, 11) is 4.67. The molecule has 0 bridgehead atoms. The summed E-state index contributed by atoms with van der Waals surface area (Å²) >= 11 is 0. The molecule has 7 nitrogen and oxygen atoms in total. The number of unbranched alkanes of at least 4 members (excludes halogenated alkanes) is 13. The Morgan fingerprint density at radius 2 is 1.23 bits per heavy atom. The van der Waals surface area contributed by atoms with Crippen molar-refractivity contribution in [3.05, 3.63) is 59.2 Å². The molecule has 0 spiro atoms. The molecule has 1 aliphatic rings. The highest BCUT2D eigenvalue weighted by molar-refractivity contribution is 6.46. The van der Waals surface area contributed by atoms with Crippen LogP contribution in [0.2, 0.25) is 0 Å². The Hall–Kier alpha value is -3.48. The van der Waals surface area contributed by atoms with Crippen molar-refractivity contribution in [2.45, 2.75) is 103 Å². The summed E-state index contributed by atoms with van der Waals surface area (Å²) in [6, 6.07) is 11.4. The van der Waals surface area contributed by atoms with Gasteiger partial charge in [0.1, 0.15) is 11.5 Å². The van der Waals surface area contributed by atoms with Crippen molar-refractivity contribution < 1.29 is 28.9 Å². The fourth-order valence-electron chi connectivity index (χ4n) is 5.86. The zero-order valence-corrected chi connectivity index (χ0v) is 26.7. The lowest BCUT2D eigenvalue weighted by Crippen LogP contribution is -2.30. The van der Waals surface area contributed by atoms with Crippen molar-refractivity contribution in [1.29, 1.82) is 0 Å². The van der Waals surface area contributed by atoms with Crippen LogP contribution in [0.4, 0.5) is 0 Å². The van der Waals surface area contributed by atoms with Gasteiger partial charge in [-0.25, -0.2) is 0 Å². The molecule has 2 aromatic carbocycles. The number of ketones is 1. The van der Waals surface area contributed by atoms with Gasteiger partial charge >= 0.3 is 0 Å². The molecule has 1 unspecified atom stereocenters. The second kappa shape index (κ2) is 18.2. The van der Waals surface area contributed by atoms with E-state index in [-0.39, 0.29) is 11.3 Å². The van der Waals surface area contributed by atoms with Crippen LogP contribution in [0, 0.1) is 0 Å². The van der Waals surface area contributed by atoms with Gasteiger partial charge in [0.05, 0.1) is 32.9 Å². The molecular formula is C36H51NO6. The number of hydrogen-bond donors (Lipinski definition) is 1. The minimum Gasteiger partial charge on any atom is -0.507 e. The maximum Gasteiger partial charge on any atom is 0.295 e. The topological polar surface area (TPSA) is 85.3 Å².